The SMILES string of the molecule is CN1CCN(c2nc(-c3ccc(C(=O)N[C@@H](CC(C)(C)C)C(=O)N4C[C@@H](O)[C@H]5OCC(=O)[C@H]54)cc3)cs2)CC1. The Labute approximate surface area is 232 Å². The number of anilines is 1. The number of piperazine rings is 1. The zero-order valence-corrected chi connectivity index (χ0v) is 23.7. The number of amides is 2. The lowest BCUT2D eigenvalue weighted by atomic mass is 9.87. The predicted octanol–water partition coefficient (Wildman–Crippen LogP) is 1.64. The molecule has 11 heteroatoms. The maximum absolute atomic E-state index is 13.6. The zero-order valence-electron chi connectivity index (χ0n) is 22.9. The summed E-state index contributed by atoms with van der Waals surface area (Å²) >= 11 is 1.62. The monoisotopic (exact) mass is 555 g/mol. The highest BCUT2D eigenvalue weighted by atomic mass is 32.1. The van der Waals surface area contributed by atoms with Gasteiger partial charge in [-0.3, -0.25) is 14.4 Å². The molecule has 3 aliphatic heterocycles. The third-order valence-electron chi connectivity index (χ3n) is 7.57. The zero-order chi connectivity index (χ0) is 27.9. The molecule has 4 atom stereocenters. The molecular weight excluding hydrogens is 518 g/mol. The van der Waals surface area contributed by atoms with E-state index in [1.165, 1.54) is 4.90 Å². The van der Waals surface area contributed by atoms with Crippen molar-refractivity contribution in [2.75, 3.05) is 51.3 Å². The molecule has 0 bridgehead atoms. The van der Waals surface area contributed by atoms with Crippen LogP contribution in [-0.2, 0) is 14.3 Å². The van der Waals surface area contributed by atoms with Crippen molar-refractivity contribution in [3.05, 3.63) is 35.2 Å². The molecule has 39 heavy (non-hydrogen) atoms. The standard InChI is InChI=1S/C28H37N5O5S/c1-28(2,3)13-19(26(37)33-14-21(34)24-23(33)22(35)15-38-24)29-25(36)18-7-5-17(6-8-18)20-16-39-27(30-20)32-11-9-31(4)10-12-32/h5-8,16,19,21,23-24,34H,9-15H2,1-4H3,(H,29,36)/t19-,21+,23+,24+/m0/s1. The second kappa shape index (κ2) is 11.0. The summed E-state index contributed by atoms with van der Waals surface area (Å²) in [6.07, 6.45) is -1.25. The predicted molar refractivity (Wildman–Crippen MR) is 149 cm³/mol. The van der Waals surface area contributed by atoms with Gasteiger partial charge in [0.1, 0.15) is 30.9 Å². The van der Waals surface area contributed by atoms with E-state index in [0.717, 1.165) is 42.6 Å². The third-order valence-corrected chi connectivity index (χ3v) is 8.47. The molecule has 0 saturated carbocycles. The third kappa shape index (κ3) is 6.01. The van der Waals surface area contributed by atoms with Crippen molar-refractivity contribution in [1.82, 2.24) is 20.1 Å². The van der Waals surface area contributed by atoms with Crippen LogP contribution < -0.4 is 10.2 Å². The molecule has 1 aromatic carbocycles. The minimum absolute atomic E-state index is 0.00880. The Hall–Kier alpha value is -2.86. The number of nitrogens with one attached hydrogen (secondary N) is 1. The van der Waals surface area contributed by atoms with Crippen molar-refractivity contribution < 1.29 is 24.2 Å². The number of nitrogens with zero attached hydrogens (tertiary/aromatic N) is 4. The number of hydrogen-bond donors (Lipinski definition) is 2. The number of carbonyl (C=O) groups excluding carboxylic acids is 3. The fourth-order valence-electron chi connectivity index (χ4n) is 5.44. The fraction of sp³-hybridized carbons (Fsp3) is 0.571. The number of fused-ring (bicyclic) bond motifs is 1. The lowest BCUT2D eigenvalue weighted by Crippen LogP contribution is -2.53. The van der Waals surface area contributed by atoms with Gasteiger partial charge in [-0.05, 0) is 31.0 Å². The number of aliphatic hydroxyl groups excluding tert-OH is 1. The summed E-state index contributed by atoms with van der Waals surface area (Å²) < 4.78 is 5.41. The Morgan fingerprint density at radius 1 is 1.18 bits per heavy atom. The van der Waals surface area contributed by atoms with E-state index in [-0.39, 0.29) is 36.2 Å². The Bertz CT molecular complexity index is 1220. The molecule has 1 aromatic heterocycles. The van der Waals surface area contributed by atoms with Crippen LogP contribution in [0.2, 0.25) is 0 Å². The Morgan fingerprint density at radius 3 is 2.54 bits per heavy atom. The highest BCUT2D eigenvalue weighted by molar-refractivity contribution is 7.14. The molecule has 2 N–H and O–H groups in total. The summed E-state index contributed by atoms with van der Waals surface area (Å²) in [7, 11) is 2.13. The average Bonchev–Trinajstić information content (AvgIpc) is 3.61. The number of aromatic nitrogens is 1. The lowest BCUT2D eigenvalue weighted by molar-refractivity contribution is -0.138. The van der Waals surface area contributed by atoms with E-state index in [4.69, 9.17) is 9.72 Å². The lowest BCUT2D eigenvalue weighted by Gasteiger charge is -2.32. The first-order valence-electron chi connectivity index (χ1n) is 13.4. The summed E-state index contributed by atoms with van der Waals surface area (Å²) in [4.78, 5) is 50.0. The number of Topliss-reactive ketones (excluding diaryl/α,β-unsaturated/α-hetero) is 1. The Morgan fingerprint density at radius 2 is 1.87 bits per heavy atom. The number of thiazole rings is 1. The Balaban J connectivity index is 1.28. The largest absolute Gasteiger partial charge is 0.388 e. The topological polar surface area (TPSA) is 115 Å². The van der Waals surface area contributed by atoms with Gasteiger partial charge in [-0.2, -0.15) is 0 Å². The molecule has 3 aliphatic rings. The number of ketones is 1. The van der Waals surface area contributed by atoms with E-state index in [0.29, 0.717) is 12.0 Å². The number of benzene rings is 1. The second-order valence-corrected chi connectivity index (χ2v) is 12.8. The van der Waals surface area contributed by atoms with Crippen molar-refractivity contribution in [2.24, 2.45) is 5.41 Å². The number of likely N-dealkylation sites (N-methyl/N-ethyl adjacent to an activating group) is 1. The summed E-state index contributed by atoms with van der Waals surface area (Å²) in [5, 5.41) is 16.3. The molecule has 4 heterocycles. The van der Waals surface area contributed by atoms with Gasteiger partial charge in [-0.1, -0.05) is 32.9 Å². The van der Waals surface area contributed by atoms with Gasteiger partial charge in [0.2, 0.25) is 5.91 Å². The number of ether oxygens (including phenoxy) is 1. The van der Waals surface area contributed by atoms with Gasteiger partial charge in [0.05, 0.1) is 12.2 Å². The number of likely N-dealkylation sites (tertiary alicyclic amines) is 1. The van der Waals surface area contributed by atoms with Gasteiger partial charge in [-0.15, -0.1) is 11.3 Å². The van der Waals surface area contributed by atoms with Gasteiger partial charge < -0.3 is 29.9 Å². The van der Waals surface area contributed by atoms with E-state index in [2.05, 4.69) is 22.2 Å². The normalized spacial score (nSPS) is 24.6. The van der Waals surface area contributed by atoms with Crippen LogP contribution in [0.3, 0.4) is 0 Å². The van der Waals surface area contributed by atoms with Gasteiger partial charge in [0, 0.05) is 42.7 Å². The van der Waals surface area contributed by atoms with E-state index in [1.807, 2.05) is 38.3 Å². The first kappa shape index (κ1) is 27.7. The van der Waals surface area contributed by atoms with E-state index in [1.54, 1.807) is 23.5 Å². The highest BCUT2D eigenvalue weighted by Gasteiger charge is 2.53. The van der Waals surface area contributed by atoms with Crippen LogP contribution in [0.15, 0.2) is 29.6 Å². The summed E-state index contributed by atoms with van der Waals surface area (Å²) in [5.74, 6) is -0.968. The number of hydrogen-bond acceptors (Lipinski definition) is 9. The van der Waals surface area contributed by atoms with Gasteiger partial charge >= 0.3 is 0 Å². The number of carbonyl (C=O) groups is 3. The molecule has 0 radical (unpaired) electrons. The van der Waals surface area contributed by atoms with Crippen LogP contribution in [0, 0.1) is 5.41 Å². The van der Waals surface area contributed by atoms with Crippen molar-refractivity contribution in [3.8, 4) is 11.3 Å². The molecule has 0 aliphatic carbocycles. The maximum atomic E-state index is 13.6. The van der Waals surface area contributed by atoms with Crippen molar-refractivity contribution in [1.29, 1.82) is 0 Å². The van der Waals surface area contributed by atoms with E-state index < -0.39 is 24.3 Å². The molecular formula is C28H37N5O5S. The van der Waals surface area contributed by atoms with Crippen LogP contribution in [0.1, 0.15) is 37.6 Å². The van der Waals surface area contributed by atoms with Crippen molar-refractivity contribution in [2.45, 2.75) is 51.5 Å². The molecule has 0 unspecified atom stereocenters. The molecule has 0 spiro atoms. The van der Waals surface area contributed by atoms with Crippen LogP contribution >= 0.6 is 11.3 Å². The number of aliphatic hydroxyl groups is 1. The van der Waals surface area contributed by atoms with Crippen LogP contribution in [-0.4, -0.2) is 108 Å². The smallest absolute Gasteiger partial charge is 0.251 e. The fourth-order valence-corrected chi connectivity index (χ4v) is 6.33. The van der Waals surface area contributed by atoms with Crippen LogP contribution in [0.5, 0.6) is 0 Å². The van der Waals surface area contributed by atoms with E-state index >= 15 is 0 Å². The van der Waals surface area contributed by atoms with Crippen molar-refractivity contribution in [3.63, 3.8) is 0 Å². The molecule has 3 saturated heterocycles. The summed E-state index contributed by atoms with van der Waals surface area (Å²) in [5.41, 5.74) is 1.95. The molecule has 5 rings (SSSR count). The number of β-amino-alcohol motifs (C(OH)–C–C–N with tert-alkyl or cyclic N) is 1. The second-order valence-electron chi connectivity index (χ2n) is 11.9. The van der Waals surface area contributed by atoms with Gasteiger partial charge in [0.15, 0.2) is 10.9 Å². The van der Waals surface area contributed by atoms with Crippen LogP contribution in [0.25, 0.3) is 11.3 Å². The molecule has 2 amide bonds. The first-order chi connectivity index (χ1) is 18.5. The van der Waals surface area contributed by atoms with Crippen LogP contribution in [0.4, 0.5) is 5.13 Å². The van der Waals surface area contributed by atoms with Gasteiger partial charge in [-0.25, -0.2) is 4.98 Å². The maximum Gasteiger partial charge on any atom is 0.251 e. The first-order valence-corrected chi connectivity index (χ1v) is 14.3. The minimum Gasteiger partial charge on any atom is -0.388 e. The number of rotatable bonds is 6. The summed E-state index contributed by atoms with van der Waals surface area (Å²) in [6, 6.07) is 5.56. The highest BCUT2D eigenvalue weighted by Crippen LogP contribution is 2.31. The molecule has 210 valence electrons. The minimum atomic E-state index is -0.925. The van der Waals surface area contributed by atoms with Crippen molar-refractivity contribution >= 4 is 34.1 Å². The quantitative estimate of drug-likeness (QED) is 0.553. The van der Waals surface area contributed by atoms with Gasteiger partial charge in [0.25, 0.3) is 5.91 Å². The average molecular weight is 556 g/mol. The Kier molecular flexibility index (Phi) is 7.78. The molecule has 10 nitrogen and oxygen atoms in total. The van der Waals surface area contributed by atoms with E-state index in [9.17, 15) is 19.5 Å². The summed E-state index contributed by atoms with van der Waals surface area (Å²) in [6.45, 7) is 9.80. The molecule has 2 aromatic rings. The molecule has 3 fully saturated rings.